The highest BCUT2D eigenvalue weighted by atomic mass is 35.5. The van der Waals surface area contributed by atoms with Crippen molar-refractivity contribution in [2.45, 2.75) is 33.2 Å². The van der Waals surface area contributed by atoms with Gasteiger partial charge in [0.05, 0.1) is 0 Å². The van der Waals surface area contributed by atoms with Gasteiger partial charge in [0.15, 0.2) is 0 Å². The van der Waals surface area contributed by atoms with E-state index in [2.05, 4.69) is 37.1 Å². The van der Waals surface area contributed by atoms with E-state index in [0.717, 1.165) is 30.6 Å². The quantitative estimate of drug-likeness (QED) is 0.901. The fourth-order valence-electron chi connectivity index (χ4n) is 2.71. The van der Waals surface area contributed by atoms with Crippen molar-refractivity contribution in [1.29, 1.82) is 0 Å². The molecule has 1 heterocycles. The lowest BCUT2D eigenvalue weighted by molar-refractivity contribution is 0.388. The lowest BCUT2D eigenvalue weighted by Gasteiger charge is -2.37. The molecule has 1 fully saturated rings. The minimum absolute atomic E-state index is 0.595. The fourth-order valence-corrected chi connectivity index (χ4v) is 2.88. The Morgan fingerprint density at radius 1 is 1.44 bits per heavy atom. The highest BCUT2D eigenvalue weighted by Gasteiger charge is 2.21. The van der Waals surface area contributed by atoms with Gasteiger partial charge < -0.3 is 10.2 Å². The van der Waals surface area contributed by atoms with Gasteiger partial charge in [0.2, 0.25) is 0 Å². The van der Waals surface area contributed by atoms with Gasteiger partial charge >= 0.3 is 0 Å². The lowest BCUT2D eigenvalue weighted by atomic mass is 10.0. The molecule has 0 aromatic heterocycles. The molecule has 2 rings (SSSR count). The number of halogens is 1. The third-order valence-corrected chi connectivity index (χ3v) is 4.00. The smallest absolute Gasteiger partial charge is 0.0455 e. The number of nitrogens with one attached hydrogen (secondary N) is 1. The molecule has 100 valence electrons. The molecule has 1 aliphatic heterocycles. The summed E-state index contributed by atoms with van der Waals surface area (Å²) in [5, 5.41) is 4.48. The molecule has 18 heavy (non-hydrogen) atoms. The summed E-state index contributed by atoms with van der Waals surface area (Å²) < 4.78 is 0. The predicted octanol–water partition coefficient (Wildman–Crippen LogP) is 3.47. The van der Waals surface area contributed by atoms with E-state index < -0.39 is 0 Å². The molecule has 1 saturated heterocycles. The summed E-state index contributed by atoms with van der Waals surface area (Å²) >= 11 is 6.21. The highest BCUT2D eigenvalue weighted by Crippen LogP contribution is 2.27. The number of hydrogen-bond donors (Lipinski definition) is 1. The van der Waals surface area contributed by atoms with Gasteiger partial charge in [0.1, 0.15) is 0 Å². The van der Waals surface area contributed by atoms with E-state index in [1.807, 2.05) is 12.1 Å². The Morgan fingerprint density at radius 3 is 2.94 bits per heavy atom. The number of nitrogens with zero attached hydrogens (tertiary/aromatic N) is 1. The zero-order chi connectivity index (χ0) is 13.1. The molecule has 0 radical (unpaired) electrons. The summed E-state index contributed by atoms with van der Waals surface area (Å²) in [6, 6.07) is 6.79. The third kappa shape index (κ3) is 3.18. The fraction of sp³-hybridized carbons (Fsp3) is 0.600. The summed E-state index contributed by atoms with van der Waals surface area (Å²) in [6.45, 7) is 9.88. The van der Waals surface area contributed by atoms with Crippen molar-refractivity contribution < 1.29 is 0 Å². The van der Waals surface area contributed by atoms with Crippen molar-refractivity contribution in [1.82, 2.24) is 5.32 Å². The van der Waals surface area contributed by atoms with Crippen LogP contribution in [0.1, 0.15) is 25.8 Å². The molecule has 1 aliphatic rings. The molecule has 2 nitrogen and oxygen atoms in total. The predicted molar refractivity (Wildman–Crippen MR) is 79.6 cm³/mol. The molecule has 3 heteroatoms. The minimum atomic E-state index is 0.595. The first-order chi connectivity index (χ1) is 8.58. The van der Waals surface area contributed by atoms with Crippen molar-refractivity contribution in [3.05, 3.63) is 28.8 Å². The highest BCUT2D eigenvalue weighted by molar-refractivity contribution is 6.31. The van der Waals surface area contributed by atoms with E-state index in [1.165, 1.54) is 17.7 Å². The van der Waals surface area contributed by atoms with Crippen molar-refractivity contribution in [2.24, 2.45) is 5.92 Å². The maximum Gasteiger partial charge on any atom is 0.0455 e. The Labute approximate surface area is 115 Å². The molecule has 0 amide bonds. The lowest BCUT2D eigenvalue weighted by Crippen LogP contribution is -2.51. The molecule has 0 saturated carbocycles. The SMILES string of the molecule is Cc1c(Cl)cccc1N1CCNC(CC(C)C)C1. The van der Waals surface area contributed by atoms with Crippen LogP contribution in [0.15, 0.2) is 18.2 Å². The van der Waals surface area contributed by atoms with E-state index in [0.29, 0.717) is 6.04 Å². The van der Waals surface area contributed by atoms with Gasteiger partial charge in [-0.15, -0.1) is 0 Å². The Balaban J connectivity index is 2.11. The van der Waals surface area contributed by atoms with Crippen LogP contribution in [0, 0.1) is 12.8 Å². The average Bonchev–Trinajstić information content (AvgIpc) is 2.32. The summed E-state index contributed by atoms with van der Waals surface area (Å²) in [6.07, 6.45) is 1.23. The minimum Gasteiger partial charge on any atom is -0.368 e. The van der Waals surface area contributed by atoms with Crippen LogP contribution < -0.4 is 10.2 Å². The Morgan fingerprint density at radius 2 is 2.22 bits per heavy atom. The van der Waals surface area contributed by atoms with Gasteiger partial charge in [-0.25, -0.2) is 0 Å². The number of piperazine rings is 1. The topological polar surface area (TPSA) is 15.3 Å². The Hall–Kier alpha value is -0.730. The normalized spacial score (nSPS) is 20.5. The van der Waals surface area contributed by atoms with Gasteiger partial charge in [-0.05, 0) is 37.0 Å². The summed E-state index contributed by atoms with van der Waals surface area (Å²) in [5.74, 6) is 0.739. The van der Waals surface area contributed by atoms with Crippen LogP contribution in [-0.2, 0) is 0 Å². The Kier molecular flexibility index (Phi) is 4.52. The molecular formula is C15H23ClN2. The van der Waals surface area contributed by atoms with E-state index in [4.69, 9.17) is 11.6 Å². The molecule has 1 atom stereocenters. The summed E-state index contributed by atoms with van der Waals surface area (Å²) in [5.41, 5.74) is 2.49. The maximum absolute atomic E-state index is 6.21. The van der Waals surface area contributed by atoms with Crippen LogP contribution in [-0.4, -0.2) is 25.7 Å². The van der Waals surface area contributed by atoms with Crippen LogP contribution in [0.2, 0.25) is 5.02 Å². The van der Waals surface area contributed by atoms with Crippen LogP contribution in [0.25, 0.3) is 0 Å². The number of hydrogen-bond acceptors (Lipinski definition) is 2. The van der Waals surface area contributed by atoms with Crippen molar-refractivity contribution in [3.63, 3.8) is 0 Å². The summed E-state index contributed by atoms with van der Waals surface area (Å²) in [4.78, 5) is 2.46. The first-order valence-corrected chi connectivity index (χ1v) is 7.19. The number of anilines is 1. The van der Waals surface area contributed by atoms with Gasteiger partial charge in [-0.1, -0.05) is 31.5 Å². The van der Waals surface area contributed by atoms with Crippen LogP contribution in [0.5, 0.6) is 0 Å². The van der Waals surface area contributed by atoms with E-state index >= 15 is 0 Å². The van der Waals surface area contributed by atoms with Crippen LogP contribution >= 0.6 is 11.6 Å². The van der Waals surface area contributed by atoms with E-state index in [1.54, 1.807) is 0 Å². The summed E-state index contributed by atoms with van der Waals surface area (Å²) in [7, 11) is 0. The zero-order valence-electron chi connectivity index (χ0n) is 11.5. The largest absolute Gasteiger partial charge is 0.368 e. The van der Waals surface area contributed by atoms with Crippen LogP contribution in [0.3, 0.4) is 0 Å². The van der Waals surface area contributed by atoms with Crippen molar-refractivity contribution in [2.75, 3.05) is 24.5 Å². The second kappa shape index (κ2) is 5.94. The van der Waals surface area contributed by atoms with Gasteiger partial charge in [0, 0.05) is 36.4 Å². The van der Waals surface area contributed by atoms with Crippen LogP contribution in [0.4, 0.5) is 5.69 Å². The second-order valence-electron chi connectivity index (χ2n) is 5.61. The number of rotatable bonds is 3. The van der Waals surface area contributed by atoms with Crippen molar-refractivity contribution >= 4 is 17.3 Å². The Bertz CT molecular complexity index is 403. The van der Waals surface area contributed by atoms with Crippen molar-refractivity contribution in [3.8, 4) is 0 Å². The van der Waals surface area contributed by atoms with E-state index in [-0.39, 0.29) is 0 Å². The standard InChI is InChI=1S/C15H23ClN2/c1-11(2)9-13-10-18(8-7-17-13)15-6-4-5-14(16)12(15)3/h4-6,11,13,17H,7-10H2,1-3H3. The first kappa shape index (κ1) is 13.7. The molecule has 1 N–H and O–H groups in total. The molecule has 0 spiro atoms. The third-order valence-electron chi connectivity index (χ3n) is 3.59. The molecule has 1 unspecified atom stereocenters. The van der Waals surface area contributed by atoms with Gasteiger partial charge in [-0.2, -0.15) is 0 Å². The van der Waals surface area contributed by atoms with Gasteiger partial charge in [-0.3, -0.25) is 0 Å². The monoisotopic (exact) mass is 266 g/mol. The molecule has 1 aromatic rings. The van der Waals surface area contributed by atoms with Gasteiger partial charge in [0.25, 0.3) is 0 Å². The number of benzene rings is 1. The molecule has 0 aliphatic carbocycles. The first-order valence-electron chi connectivity index (χ1n) is 6.81. The van der Waals surface area contributed by atoms with E-state index in [9.17, 15) is 0 Å². The second-order valence-corrected chi connectivity index (χ2v) is 6.02. The zero-order valence-corrected chi connectivity index (χ0v) is 12.3. The molecule has 0 bridgehead atoms. The average molecular weight is 267 g/mol. The maximum atomic E-state index is 6.21. The molecule has 1 aromatic carbocycles. The molecular weight excluding hydrogens is 244 g/mol.